The van der Waals surface area contributed by atoms with Gasteiger partial charge in [0, 0.05) is 10.3 Å². The third-order valence-electron chi connectivity index (χ3n) is 3.30. The highest BCUT2D eigenvalue weighted by atomic mass is 35.5. The Morgan fingerprint density at radius 3 is 2.45 bits per heavy atom. The van der Waals surface area contributed by atoms with Crippen LogP contribution >= 0.6 is 34.5 Å². The van der Waals surface area contributed by atoms with E-state index in [-0.39, 0.29) is 11.2 Å². The van der Waals surface area contributed by atoms with Gasteiger partial charge >= 0.3 is 0 Å². The second-order valence-corrected chi connectivity index (χ2v) is 6.77. The minimum atomic E-state index is -0.323. The molecule has 0 bridgehead atoms. The van der Waals surface area contributed by atoms with Crippen LogP contribution in [0.15, 0.2) is 42.5 Å². The molecule has 0 fully saturated rings. The van der Waals surface area contributed by atoms with Crippen LogP contribution in [0.1, 0.15) is 21.4 Å². The molecule has 0 aliphatic rings. The van der Waals surface area contributed by atoms with Gasteiger partial charge in [-0.2, -0.15) is 0 Å². The minimum Gasteiger partial charge on any atom is -0.206 e. The van der Waals surface area contributed by atoms with Crippen molar-refractivity contribution in [2.24, 2.45) is 0 Å². The van der Waals surface area contributed by atoms with Crippen molar-refractivity contribution >= 4 is 45.3 Å². The number of fused-ring (bicyclic) bond motifs is 1. The van der Waals surface area contributed by atoms with Crippen LogP contribution in [0.3, 0.4) is 0 Å². The fourth-order valence-corrected chi connectivity index (χ4v) is 3.87. The van der Waals surface area contributed by atoms with Gasteiger partial charge in [-0.3, -0.25) is 0 Å². The molecule has 0 saturated carbocycles. The number of aryl methyl sites for hydroxylation is 1. The van der Waals surface area contributed by atoms with Crippen LogP contribution < -0.4 is 0 Å². The van der Waals surface area contributed by atoms with E-state index in [9.17, 15) is 4.39 Å². The van der Waals surface area contributed by atoms with Crippen molar-refractivity contribution in [1.82, 2.24) is 0 Å². The molecule has 0 aliphatic carbocycles. The Bertz CT molecular complexity index is 760. The molecule has 0 radical (unpaired) electrons. The van der Waals surface area contributed by atoms with Crippen LogP contribution in [-0.4, -0.2) is 0 Å². The van der Waals surface area contributed by atoms with Gasteiger partial charge in [-0.25, -0.2) is 4.39 Å². The van der Waals surface area contributed by atoms with Crippen LogP contribution in [0.25, 0.3) is 10.8 Å². The van der Waals surface area contributed by atoms with Crippen LogP contribution in [-0.2, 0) is 0 Å². The summed E-state index contributed by atoms with van der Waals surface area (Å²) >= 11 is 14.2. The van der Waals surface area contributed by atoms with E-state index in [1.165, 1.54) is 17.4 Å². The summed E-state index contributed by atoms with van der Waals surface area (Å²) in [7, 11) is 0. The Kier molecular flexibility index (Phi) is 3.72. The van der Waals surface area contributed by atoms with Gasteiger partial charge in [-0.15, -0.1) is 22.9 Å². The van der Waals surface area contributed by atoms with Crippen molar-refractivity contribution in [3.63, 3.8) is 0 Å². The lowest BCUT2D eigenvalue weighted by atomic mass is 10.0. The zero-order chi connectivity index (χ0) is 14.3. The summed E-state index contributed by atoms with van der Waals surface area (Å²) in [5.74, 6) is -0.228. The molecule has 0 aliphatic heterocycles. The minimum absolute atomic E-state index is 0.228. The second kappa shape index (κ2) is 5.36. The maximum atomic E-state index is 13.8. The second-order valence-electron chi connectivity index (χ2n) is 4.65. The molecule has 0 spiro atoms. The Morgan fingerprint density at radius 1 is 1.10 bits per heavy atom. The van der Waals surface area contributed by atoms with E-state index in [0.29, 0.717) is 5.39 Å². The predicted octanol–water partition coefficient (Wildman–Crippen LogP) is 6.33. The van der Waals surface area contributed by atoms with Crippen LogP contribution in [0.5, 0.6) is 0 Å². The number of halogens is 3. The number of thiophene rings is 1. The molecule has 1 heterocycles. The monoisotopic (exact) mass is 324 g/mol. The summed E-state index contributed by atoms with van der Waals surface area (Å²) in [5.41, 5.74) is 1.92. The van der Waals surface area contributed by atoms with E-state index in [4.69, 9.17) is 23.2 Å². The summed E-state index contributed by atoms with van der Waals surface area (Å²) < 4.78 is 14.6. The molecule has 1 atom stereocenters. The van der Waals surface area contributed by atoms with Gasteiger partial charge in [0.1, 0.15) is 5.82 Å². The molecule has 102 valence electrons. The highest BCUT2D eigenvalue weighted by molar-refractivity contribution is 7.16. The number of alkyl halides is 1. The molecule has 4 heteroatoms. The van der Waals surface area contributed by atoms with Gasteiger partial charge in [0.05, 0.1) is 9.71 Å². The maximum Gasteiger partial charge on any atom is 0.131 e. The van der Waals surface area contributed by atoms with Crippen molar-refractivity contribution in [3.8, 4) is 0 Å². The molecule has 1 aromatic heterocycles. The smallest absolute Gasteiger partial charge is 0.131 e. The Hall–Kier alpha value is -1.09. The lowest BCUT2D eigenvalue weighted by Crippen LogP contribution is -1.93. The van der Waals surface area contributed by atoms with Crippen molar-refractivity contribution in [3.05, 3.63) is 68.6 Å². The molecule has 20 heavy (non-hydrogen) atoms. The number of hydrogen-bond donors (Lipinski definition) is 0. The maximum absolute atomic E-state index is 13.8. The summed E-state index contributed by atoms with van der Waals surface area (Å²) in [5, 5.41) is 1.11. The lowest BCUT2D eigenvalue weighted by molar-refractivity contribution is 0.639. The van der Waals surface area contributed by atoms with Crippen molar-refractivity contribution in [1.29, 1.82) is 0 Å². The predicted molar refractivity (Wildman–Crippen MR) is 85.7 cm³/mol. The van der Waals surface area contributed by atoms with Gasteiger partial charge in [-0.1, -0.05) is 41.9 Å². The molecule has 0 N–H and O–H groups in total. The van der Waals surface area contributed by atoms with Gasteiger partial charge in [0.25, 0.3) is 0 Å². The summed E-state index contributed by atoms with van der Waals surface area (Å²) in [6, 6.07) is 12.6. The van der Waals surface area contributed by atoms with Crippen molar-refractivity contribution in [2.75, 3.05) is 0 Å². The Balaban J connectivity index is 2.17. The Labute approximate surface area is 130 Å². The highest BCUT2D eigenvalue weighted by Gasteiger charge is 2.18. The molecular formula is C16H11Cl2FS. The zero-order valence-electron chi connectivity index (χ0n) is 10.7. The third-order valence-corrected chi connectivity index (χ3v) is 5.52. The SMILES string of the molecule is Cc1cc(C(Cl)c2ccc(F)c3ccccc23)sc1Cl. The largest absolute Gasteiger partial charge is 0.206 e. The molecular weight excluding hydrogens is 314 g/mol. The average Bonchev–Trinajstić information content (AvgIpc) is 2.79. The molecule has 3 rings (SSSR count). The van der Waals surface area contributed by atoms with E-state index in [1.54, 1.807) is 12.1 Å². The number of benzene rings is 2. The Morgan fingerprint density at radius 2 is 1.80 bits per heavy atom. The zero-order valence-corrected chi connectivity index (χ0v) is 13.0. The van der Waals surface area contributed by atoms with Gasteiger partial charge in [0.2, 0.25) is 0 Å². The van der Waals surface area contributed by atoms with E-state index in [0.717, 1.165) is 25.7 Å². The number of rotatable bonds is 2. The first kappa shape index (κ1) is 13.9. The fourth-order valence-electron chi connectivity index (χ4n) is 2.27. The lowest BCUT2D eigenvalue weighted by Gasteiger charge is -2.12. The van der Waals surface area contributed by atoms with Crippen molar-refractivity contribution in [2.45, 2.75) is 12.3 Å². The molecule has 3 aromatic rings. The highest BCUT2D eigenvalue weighted by Crippen LogP contribution is 2.40. The van der Waals surface area contributed by atoms with Crippen molar-refractivity contribution < 1.29 is 4.39 Å². The van der Waals surface area contributed by atoms with Gasteiger partial charge in [-0.05, 0) is 35.6 Å². The summed E-state index contributed by atoms with van der Waals surface area (Å²) in [6.07, 6.45) is 0. The fraction of sp³-hybridized carbons (Fsp3) is 0.125. The first-order valence-electron chi connectivity index (χ1n) is 6.15. The third kappa shape index (κ3) is 2.32. The summed E-state index contributed by atoms with van der Waals surface area (Å²) in [6.45, 7) is 1.95. The van der Waals surface area contributed by atoms with E-state index in [1.807, 2.05) is 31.2 Å². The number of hydrogen-bond acceptors (Lipinski definition) is 1. The van der Waals surface area contributed by atoms with E-state index < -0.39 is 0 Å². The molecule has 0 amide bonds. The molecule has 2 aromatic carbocycles. The van der Waals surface area contributed by atoms with Crippen LogP contribution in [0.4, 0.5) is 4.39 Å². The van der Waals surface area contributed by atoms with Gasteiger partial charge in [0.15, 0.2) is 0 Å². The molecule has 0 nitrogen and oxygen atoms in total. The molecule has 1 unspecified atom stereocenters. The normalized spacial score (nSPS) is 12.8. The average molecular weight is 325 g/mol. The summed E-state index contributed by atoms with van der Waals surface area (Å²) in [4.78, 5) is 0.978. The topological polar surface area (TPSA) is 0 Å². The van der Waals surface area contributed by atoms with Gasteiger partial charge < -0.3 is 0 Å². The standard InChI is InChI=1S/C16H11Cl2FS/c1-9-8-14(20-16(9)18)15(17)12-6-7-13(19)11-5-3-2-4-10(11)12/h2-8,15H,1H3. The van der Waals surface area contributed by atoms with E-state index in [2.05, 4.69) is 0 Å². The van der Waals surface area contributed by atoms with Crippen LogP contribution in [0, 0.1) is 12.7 Å². The first-order chi connectivity index (χ1) is 9.58. The van der Waals surface area contributed by atoms with Crippen LogP contribution in [0.2, 0.25) is 4.34 Å². The quantitative estimate of drug-likeness (QED) is 0.483. The molecule has 0 saturated heterocycles. The first-order valence-corrected chi connectivity index (χ1v) is 7.78. The van der Waals surface area contributed by atoms with E-state index >= 15 is 0 Å².